The van der Waals surface area contributed by atoms with Crippen LogP contribution in [0.5, 0.6) is 5.75 Å². The number of alkyl halides is 3. The van der Waals surface area contributed by atoms with E-state index in [1.807, 2.05) is 6.07 Å². The first-order valence-corrected chi connectivity index (χ1v) is 17.5. The highest BCUT2D eigenvalue weighted by molar-refractivity contribution is 6.76. The van der Waals surface area contributed by atoms with Gasteiger partial charge in [0.2, 0.25) is 0 Å². The number of hydrogen-bond donors (Lipinski definition) is 1. The molecule has 15 heteroatoms. The number of nitriles is 1. The number of esters is 1. The number of fused-ring (bicyclic) bond motifs is 2. The quantitative estimate of drug-likeness (QED) is 0.118. The summed E-state index contributed by atoms with van der Waals surface area (Å²) in [7, 11) is 0.590. The fourth-order valence-corrected chi connectivity index (χ4v) is 5.90. The fraction of sp³-hybridized carbons (Fsp3) is 0.400. The van der Waals surface area contributed by atoms with Crippen molar-refractivity contribution < 1.29 is 46.8 Å². The average Bonchev–Trinajstić information content (AvgIpc) is 3.57. The van der Waals surface area contributed by atoms with Crippen molar-refractivity contribution in [2.45, 2.75) is 51.1 Å². The molecule has 1 unspecified atom stereocenters. The number of benzene rings is 2. The molecule has 0 saturated carbocycles. The molecule has 2 heterocycles. The largest absolute Gasteiger partial charge is 0.496 e. The van der Waals surface area contributed by atoms with Crippen molar-refractivity contribution in [3.05, 3.63) is 59.0 Å². The number of nitrogens with zero attached hydrogens (tertiary/aromatic N) is 4. The summed E-state index contributed by atoms with van der Waals surface area (Å²) in [6.07, 6.45) is -5.65. The fourth-order valence-electron chi connectivity index (χ4n) is 5.14. The molecule has 0 radical (unpaired) electrons. The predicted octanol–water partition coefficient (Wildman–Crippen LogP) is 6.01. The molecule has 240 valence electrons. The molecule has 4 aromatic rings. The van der Waals surface area contributed by atoms with Crippen molar-refractivity contribution in [2.24, 2.45) is 0 Å². The zero-order chi connectivity index (χ0) is 33.3. The smallest absolute Gasteiger partial charge is 0.429 e. The van der Waals surface area contributed by atoms with E-state index in [0.29, 0.717) is 5.56 Å². The van der Waals surface area contributed by atoms with Gasteiger partial charge >= 0.3 is 18.2 Å². The van der Waals surface area contributed by atoms with Crippen LogP contribution in [0.1, 0.15) is 22.5 Å². The number of methoxy groups -OCH3 is 2. The molecule has 0 aliphatic carbocycles. The molecule has 0 amide bonds. The summed E-state index contributed by atoms with van der Waals surface area (Å²) in [4.78, 5) is 28.8. The number of aryl methyl sites for hydroxylation is 1. The Morgan fingerprint density at radius 3 is 2.42 bits per heavy atom. The molecular weight excluding hydrogens is 613 g/mol. The molecule has 1 atom stereocenters. The van der Waals surface area contributed by atoms with Gasteiger partial charge in [-0.2, -0.15) is 18.4 Å². The van der Waals surface area contributed by atoms with Crippen LogP contribution in [-0.2, 0) is 31.3 Å². The van der Waals surface area contributed by atoms with Crippen LogP contribution in [0.25, 0.3) is 21.9 Å². The SMILES string of the molecule is COC(=O)COC(c1c(OC)cc(C)c2c1ccn2C(=O)O)(c1nc2ccc(C#N)cc2n1COCC[Si](C)(C)C)C(F)(F)F. The number of rotatable bonds is 11. The molecule has 1 N–H and O–H groups in total. The molecule has 45 heavy (non-hydrogen) atoms. The lowest BCUT2D eigenvalue weighted by atomic mass is 9.86. The Labute approximate surface area is 257 Å². The number of carbonyl (C=O) groups excluding carboxylic acids is 1. The lowest BCUT2D eigenvalue weighted by molar-refractivity contribution is -0.270. The van der Waals surface area contributed by atoms with E-state index in [1.54, 1.807) is 0 Å². The maximum absolute atomic E-state index is 16.0. The van der Waals surface area contributed by atoms with E-state index < -0.39 is 56.6 Å². The van der Waals surface area contributed by atoms with Crippen LogP contribution in [-0.4, -0.2) is 73.0 Å². The second kappa shape index (κ2) is 12.5. The lowest BCUT2D eigenvalue weighted by Gasteiger charge is -2.37. The minimum atomic E-state index is -5.34. The molecule has 0 aliphatic rings. The molecule has 0 bridgehead atoms. The van der Waals surface area contributed by atoms with Gasteiger partial charge in [0, 0.05) is 26.3 Å². The Kier molecular flexibility index (Phi) is 9.34. The first-order chi connectivity index (χ1) is 21.1. The summed E-state index contributed by atoms with van der Waals surface area (Å²) < 4.78 is 71.6. The summed E-state index contributed by atoms with van der Waals surface area (Å²) in [6, 6.07) is 9.39. The molecular formula is C30H33F3N4O7Si. The number of ether oxygens (including phenoxy) is 4. The van der Waals surface area contributed by atoms with E-state index >= 15 is 13.2 Å². The van der Waals surface area contributed by atoms with Gasteiger partial charge in [0.1, 0.15) is 19.1 Å². The topological polar surface area (TPSA) is 138 Å². The van der Waals surface area contributed by atoms with E-state index in [-0.39, 0.29) is 39.9 Å². The van der Waals surface area contributed by atoms with E-state index in [0.717, 1.165) is 28.5 Å². The van der Waals surface area contributed by atoms with Crippen LogP contribution in [0.3, 0.4) is 0 Å². The maximum Gasteiger partial charge on any atom is 0.429 e. The third-order valence-corrected chi connectivity index (χ3v) is 9.05. The summed E-state index contributed by atoms with van der Waals surface area (Å²) in [5, 5.41) is 19.2. The third kappa shape index (κ3) is 6.26. The summed E-state index contributed by atoms with van der Waals surface area (Å²) >= 11 is 0. The van der Waals surface area contributed by atoms with E-state index in [9.17, 15) is 20.0 Å². The zero-order valence-electron chi connectivity index (χ0n) is 25.6. The van der Waals surface area contributed by atoms with Crippen LogP contribution in [0.15, 0.2) is 36.5 Å². The van der Waals surface area contributed by atoms with Gasteiger partial charge in [0.25, 0.3) is 5.60 Å². The van der Waals surface area contributed by atoms with Crippen molar-refractivity contribution in [2.75, 3.05) is 27.4 Å². The average molecular weight is 647 g/mol. The lowest BCUT2D eigenvalue weighted by Crippen LogP contribution is -2.49. The van der Waals surface area contributed by atoms with Crippen LogP contribution < -0.4 is 4.74 Å². The van der Waals surface area contributed by atoms with Crippen molar-refractivity contribution in [1.82, 2.24) is 14.1 Å². The Morgan fingerprint density at radius 1 is 1.13 bits per heavy atom. The normalized spacial score (nSPS) is 13.5. The standard InChI is InChI=1S/C30H33F3N4O7Si/c1-18-13-23(41-2)25(20-9-10-36(26(18)20)28(39)40)29(30(31,32)33,44-16-24(38)42-3)27-35-21-8-7-19(15-34)14-22(21)37(27)17-43-11-12-45(4,5)6/h7-10,13-14H,11-12,16-17H2,1-6H3,(H,39,40). The number of halogens is 3. The second-order valence-corrected chi connectivity index (χ2v) is 17.2. The van der Waals surface area contributed by atoms with E-state index in [1.165, 1.54) is 44.4 Å². The van der Waals surface area contributed by atoms with Crippen molar-refractivity contribution in [3.63, 3.8) is 0 Å². The van der Waals surface area contributed by atoms with E-state index in [4.69, 9.17) is 14.2 Å². The highest BCUT2D eigenvalue weighted by atomic mass is 28.3. The molecule has 0 fully saturated rings. The Balaban J connectivity index is 2.16. The highest BCUT2D eigenvalue weighted by Gasteiger charge is 2.64. The Bertz CT molecular complexity index is 1800. The number of imidazole rings is 1. The summed E-state index contributed by atoms with van der Waals surface area (Å²) in [6.45, 7) is 6.59. The van der Waals surface area contributed by atoms with Gasteiger partial charge in [-0.25, -0.2) is 14.6 Å². The monoisotopic (exact) mass is 646 g/mol. The molecule has 2 aromatic carbocycles. The number of aromatic nitrogens is 3. The number of carboxylic acid groups (broad SMARTS) is 1. The molecule has 0 saturated heterocycles. The highest BCUT2D eigenvalue weighted by Crippen LogP contribution is 2.53. The molecule has 11 nitrogen and oxygen atoms in total. The first-order valence-electron chi connectivity index (χ1n) is 13.8. The Morgan fingerprint density at radius 2 is 1.84 bits per heavy atom. The minimum Gasteiger partial charge on any atom is -0.496 e. The van der Waals surface area contributed by atoms with E-state index in [2.05, 4.69) is 29.4 Å². The predicted molar refractivity (Wildman–Crippen MR) is 160 cm³/mol. The van der Waals surface area contributed by atoms with Crippen molar-refractivity contribution in [3.8, 4) is 11.8 Å². The number of hydrogen-bond acceptors (Lipinski definition) is 8. The summed E-state index contributed by atoms with van der Waals surface area (Å²) in [5.41, 5.74) is -3.48. The van der Waals surface area contributed by atoms with Gasteiger partial charge in [-0.3, -0.25) is 4.57 Å². The molecule has 2 aromatic heterocycles. The van der Waals surface area contributed by atoms with Crippen molar-refractivity contribution in [1.29, 1.82) is 5.26 Å². The van der Waals surface area contributed by atoms with Crippen LogP contribution >= 0.6 is 0 Å². The third-order valence-electron chi connectivity index (χ3n) is 7.34. The zero-order valence-corrected chi connectivity index (χ0v) is 26.6. The van der Waals surface area contributed by atoms with Gasteiger partial charge in [-0.05, 0) is 48.9 Å². The van der Waals surface area contributed by atoms with Gasteiger partial charge in [0.05, 0.1) is 48.0 Å². The van der Waals surface area contributed by atoms with Gasteiger partial charge in [-0.15, -0.1) is 0 Å². The first kappa shape index (κ1) is 33.5. The minimum absolute atomic E-state index is 0.0468. The Hall–Kier alpha value is -4.39. The van der Waals surface area contributed by atoms with Crippen LogP contribution in [0.4, 0.5) is 18.0 Å². The van der Waals surface area contributed by atoms with Crippen molar-refractivity contribution >= 4 is 42.1 Å². The van der Waals surface area contributed by atoms with Crippen LogP contribution in [0, 0.1) is 18.3 Å². The second-order valence-electron chi connectivity index (χ2n) is 11.6. The van der Waals surface area contributed by atoms with Gasteiger partial charge in [-0.1, -0.05) is 19.6 Å². The number of carbonyl (C=O) groups is 2. The van der Waals surface area contributed by atoms with Crippen LogP contribution in [0.2, 0.25) is 25.7 Å². The van der Waals surface area contributed by atoms with Gasteiger partial charge in [0.15, 0.2) is 5.82 Å². The molecule has 4 rings (SSSR count). The maximum atomic E-state index is 16.0. The molecule has 0 spiro atoms. The van der Waals surface area contributed by atoms with Gasteiger partial charge < -0.3 is 28.6 Å². The summed E-state index contributed by atoms with van der Waals surface area (Å²) in [5.74, 6) is -2.11. The molecule has 0 aliphatic heterocycles.